The van der Waals surface area contributed by atoms with Gasteiger partial charge in [-0.3, -0.25) is 0 Å². The molecule has 3 rings (SSSR count). The number of aryl methyl sites for hydroxylation is 3. The zero-order chi connectivity index (χ0) is 15.0. The van der Waals surface area contributed by atoms with E-state index in [1.807, 2.05) is 20.0 Å². The smallest absolute Gasteiger partial charge is 0.241 e. The molecule has 1 aliphatic heterocycles. The molecule has 2 aromatic heterocycles. The summed E-state index contributed by atoms with van der Waals surface area (Å²) in [6.07, 6.45) is 5.59. The predicted octanol–water partition coefficient (Wildman–Crippen LogP) is 2.10. The maximum atomic E-state index is 12.4. The first-order valence-corrected chi connectivity index (χ1v) is 9.32. The molecule has 114 valence electrons. The Kier molecular flexibility index (Phi) is 3.90. The van der Waals surface area contributed by atoms with E-state index in [0.717, 1.165) is 35.0 Å². The second kappa shape index (κ2) is 5.55. The van der Waals surface area contributed by atoms with E-state index >= 15 is 0 Å². The summed E-state index contributed by atoms with van der Waals surface area (Å²) in [5.74, 6) is 1.36. The van der Waals surface area contributed by atoms with Crippen LogP contribution in [0.3, 0.4) is 0 Å². The monoisotopic (exact) mass is 325 g/mol. The summed E-state index contributed by atoms with van der Waals surface area (Å²) in [6, 6.07) is 1.75. The number of aromatic nitrogens is 2. The van der Waals surface area contributed by atoms with Gasteiger partial charge >= 0.3 is 0 Å². The molecule has 0 amide bonds. The van der Waals surface area contributed by atoms with Crippen molar-refractivity contribution in [1.82, 2.24) is 14.3 Å². The van der Waals surface area contributed by atoms with Crippen LogP contribution >= 0.6 is 11.3 Å². The average Bonchev–Trinajstić information content (AvgIpc) is 3.02. The Balaban J connectivity index is 1.67. The van der Waals surface area contributed by atoms with Crippen molar-refractivity contribution >= 4 is 21.4 Å². The Morgan fingerprint density at radius 1 is 1.48 bits per heavy atom. The van der Waals surface area contributed by atoms with Crippen molar-refractivity contribution in [3.05, 3.63) is 34.0 Å². The van der Waals surface area contributed by atoms with E-state index in [4.69, 9.17) is 0 Å². The molecule has 0 fully saturated rings. The van der Waals surface area contributed by atoms with Crippen LogP contribution < -0.4 is 4.72 Å². The van der Waals surface area contributed by atoms with Gasteiger partial charge in [0.1, 0.15) is 5.82 Å². The van der Waals surface area contributed by atoms with Crippen LogP contribution in [0, 0.1) is 19.8 Å². The van der Waals surface area contributed by atoms with Gasteiger partial charge < -0.3 is 4.57 Å². The number of hydrogen-bond donors (Lipinski definition) is 1. The number of hydrogen-bond acceptors (Lipinski definition) is 4. The Morgan fingerprint density at radius 3 is 3.00 bits per heavy atom. The van der Waals surface area contributed by atoms with Crippen LogP contribution in [0.15, 0.2) is 23.4 Å². The first-order valence-electron chi connectivity index (χ1n) is 7.02. The SMILES string of the molecule is Cc1cc(S(=O)(=O)NC[C@@H]2CCn3ccnc3C2)c(C)s1. The van der Waals surface area contributed by atoms with E-state index in [9.17, 15) is 8.42 Å². The lowest BCUT2D eigenvalue weighted by atomic mass is 9.98. The van der Waals surface area contributed by atoms with Gasteiger partial charge in [-0.25, -0.2) is 18.1 Å². The Bertz CT molecular complexity index is 746. The molecule has 1 aliphatic rings. The van der Waals surface area contributed by atoms with Crippen LogP contribution in [0.4, 0.5) is 0 Å². The predicted molar refractivity (Wildman–Crippen MR) is 83.0 cm³/mol. The second-order valence-electron chi connectivity index (χ2n) is 5.53. The first kappa shape index (κ1) is 14.7. The number of rotatable bonds is 4. The highest BCUT2D eigenvalue weighted by molar-refractivity contribution is 7.89. The summed E-state index contributed by atoms with van der Waals surface area (Å²) in [6.45, 7) is 5.17. The minimum atomic E-state index is -3.40. The van der Waals surface area contributed by atoms with Gasteiger partial charge in [0.05, 0.1) is 4.90 Å². The lowest BCUT2D eigenvalue weighted by molar-refractivity contribution is 0.379. The van der Waals surface area contributed by atoms with E-state index in [1.54, 1.807) is 12.3 Å². The number of imidazole rings is 1. The Hall–Kier alpha value is -1.18. The molecule has 0 aromatic carbocycles. The Labute approximate surface area is 129 Å². The summed E-state index contributed by atoms with van der Waals surface area (Å²) in [7, 11) is -3.40. The largest absolute Gasteiger partial charge is 0.335 e. The lowest BCUT2D eigenvalue weighted by Crippen LogP contribution is -2.33. The van der Waals surface area contributed by atoms with Crippen molar-refractivity contribution in [2.45, 2.75) is 38.1 Å². The number of thiophene rings is 1. The van der Waals surface area contributed by atoms with Crippen LogP contribution in [0.1, 0.15) is 22.0 Å². The van der Waals surface area contributed by atoms with Crippen molar-refractivity contribution < 1.29 is 8.42 Å². The van der Waals surface area contributed by atoms with Gasteiger partial charge in [-0.15, -0.1) is 11.3 Å². The summed E-state index contributed by atoms with van der Waals surface area (Å²) < 4.78 is 29.7. The van der Waals surface area contributed by atoms with Gasteiger partial charge in [0, 0.05) is 41.7 Å². The van der Waals surface area contributed by atoms with Crippen molar-refractivity contribution in [2.24, 2.45) is 5.92 Å². The highest BCUT2D eigenvalue weighted by atomic mass is 32.2. The summed E-state index contributed by atoms with van der Waals surface area (Å²) in [4.78, 5) is 6.60. The molecule has 7 heteroatoms. The summed E-state index contributed by atoms with van der Waals surface area (Å²) in [5, 5.41) is 0. The molecular weight excluding hydrogens is 306 g/mol. The van der Waals surface area contributed by atoms with E-state index in [2.05, 4.69) is 14.3 Å². The molecule has 0 unspecified atom stereocenters. The van der Waals surface area contributed by atoms with Crippen LogP contribution in [0.5, 0.6) is 0 Å². The maximum absolute atomic E-state index is 12.4. The molecule has 1 N–H and O–H groups in total. The van der Waals surface area contributed by atoms with Crippen LogP contribution in [0.2, 0.25) is 0 Å². The van der Waals surface area contributed by atoms with E-state index in [1.165, 1.54) is 11.3 Å². The van der Waals surface area contributed by atoms with Crippen molar-refractivity contribution in [2.75, 3.05) is 6.54 Å². The van der Waals surface area contributed by atoms with Gasteiger partial charge in [0.25, 0.3) is 0 Å². The number of fused-ring (bicyclic) bond motifs is 1. The molecule has 0 aliphatic carbocycles. The zero-order valence-electron chi connectivity index (χ0n) is 12.2. The third kappa shape index (κ3) is 3.04. The van der Waals surface area contributed by atoms with Gasteiger partial charge in [-0.1, -0.05) is 0 Å². The molecule has 0 saturated heterocycles. The molecule has 0 radical (unpaired) electrons. The third-order valence-electron chi connectivity index (χ3n) is 3.90. The van der Waals surface area contributed by atoms with Gasteiger partial charge in [-0.2, -0.15) is 0 Å². The summed E-state index contributed by atoms with van der Waals surface area (Å²) >= 11 is 1.52. The highest BCUT2D eigenvalue weighted by Gasteiger charge is 2.23. The normalized spacial score (nSPS) is 18.7. The summed E-state index contributed by atoms with van der Waals surface area (Å²) in [5.41, 5.74) is 0. The molecule has 3 heterocycles. The molecule has 5 nitrogen and oxygen atoms in total. The fraction of sp³-hybridized carbons (Fsp3) is 0.500. The van der Waals surface area contributed by atoms with Crippen molar-refractivity contribution in [1.29, 1.82) is 0 Å². The maximum Gasteiger partial charge on any atom is 0.241 e. The second-order valence-corrected chi connectivity index (χ2v) is 8.72. The molecule has 0 spiro atoms. The minimum Gasteiger partial charge on any atom is -0.335 e. The van der Waals surface area contributed by atoms with Crippen molar-refractivity contribution in [3.8, 4) is 0 Å². The van der Waals surface area contributed by atoms with E-state index in [0.29, 0.717) is 17.4 Å². The zero-order valence-corrected chi connectivity index (χ0v) is 13.8. The fourth-order valence-corrected chi connectivity index (χ4v) is 5.44. The van der Waals surface area contributed by atoms with Gasteiger partial charge in [0.2, 0.25) is 10.0 Å². The number of nitrogens with zero attached hydrogens (tertiary/aromatic N) is 2. The van der Waals surface area contributed by atoms with Gasteiger partial charge in [0.15, 0.2) is 0 Å². The van der Waals surface area contributed by atoms with Crippen molar-refractivity contribution in [3.63, 3.8) is 0 Å². The lowest BCUT2D eigenvalue weighted by Gasteiger charge is -2.23. The van der Waals surface area contributed by atoms with E-state index in [-0.39, 0.29) is 0 Å². The highest BCUT2D eigenvalue weighted by Crippen LogP contribution is 2.25. The number of sulfonamides is 1. The topological polar surface area (TPSA) is 64.0 Å². The molecule has 21 heavy (non-hydrogen) atoms. The Morgan fingerprint density at radius 2 is 2.29 bits per heavy atom. The standard InChI is InChI=1S/C14H19N3O2S2/c1-10-7-13(11(2)20-10)21(18,19)16-9-12-3-5-17-6-4-15-14(17)8-12/h4,6-7,12,16H,3,5,8-9H2,1-2H3/t12-/m1/s1. The molecule has 1 atom stereocenters. The molecule has 0 bridgehead atoms. The van der Waals surface area contributed by atoms with E-state index < -0.39 is 10.0 Å². The first-order chi connectivity index (χ1) is 9.95. The molecule has 0 saturated carbocycles. The molecular formula is C14H19N3O2S2. The quantitative estimate of drug-likeness (QED) is 0.936. The fourth-order valence-electron chi connectivity index (χ4n) is 2.77. The van der Waals surface area contributed by atoms with Crippen LogP contribution in [-0.4, -0.2) is 24.5 Å². The third-order valence-corrected chi connectivity index (χ3v) is 6.54. The van der Waals surface area contributed by atoms with Crippen LogP contribution in [0.25, 0.3) is 0 Å². The van der Waals surface area contributed by atoms with Crippen LogP contribution in [-0.2, 0) is 23.0 Å². The van der Waals surface area contributed by atoms with Gasteiger partial charge in [-0.05, 0) is 32.3 Å². The number of nitrogens with one attached hydrogen (secondary N) is 1. The molecule has 2 aromatic rings. The minimum absolute atomic E-state index is 0.315. The average molecular weight is 325 g/mol.